The first-order valence-electron chi connectivity index (χ1n) is 18.0. The molecule has 2 aliphatic heterocycles. The van der Waals surface area contributed by atoms with E-state index in [4.69, 9.17) is 14.2 Å². The highest BCUT2D eigenvalue weighted by Crippen LogP contribution is 2.52. The molecule has 2 N–H and O–H groups in total. The molecule has 0 radical (unpaired) electrons. The Bertz CT molecular complexity index is 911. The number of aliphatic hydroxyl groups excluding tert-OH is 1. The van der Waals surface area contributed by atoms with Crippen LogP contribution >= 0.6 is 0 Å². The van der Waals surface area contributed by atoms with Crippen molar-refractivity contribution in [2.24, 2.45) is 11.8 Å². The molecular formula is C38H64O6. The SMILES string of the molecule is C=C1C[C@H]2O[C@H]2[C@@]2(CC[C@H](/C(=C\C=C\C(C)(C)O)COC(=O)CCCCCCCCCCCCCCCCC)[C@H]1CO)CO2. The molecule has 44 heavy (non-hydrogen) atoms. The molecule has 5 atom stereocenters. The first-order chi connectivity index (χ1) is 21.2. The van der Waals surface area contributed by atoms with Gasteiger partial charge in [0.1, 0.15) is 18.3 Å². The maximum atomic E-state index is 12.7. The Kier molecular flexibility index (Phi) is 16.2. The lowest BCUT2D eigenvalue weighted by Crippen LogP contribution is -2.27. The Morgan fingerprint density at radius 2 is 1.57 bits per heavy atom. The monoisotopic (exact) mass is 616 g/mol. The van der Waals surface area contributed by atoms with Gasteiger partial charge in [0.25, 0.3) is 0 Å². The van der Waals surface area contributed by atoms with Gasteiger partial charge in [-0.15, -0.1) is 0 Å². The van der Waals surface area contributed by atoms with Crippen LogP contribution in [0, 0.1) is 11.8 Å². The number of carbonyl (C=O) groups excluding carboxylic acids is 1. The summed E-state index contributed by atoms with van der Waals surface area (Å²) in [4.78, 5) is 12.7. The number of epoxide rings is 2. The van der Waals surface area contributed by atoms with E-state index in [2.05, 4.69) is 13.5 Å². The van der Waals surface area contributed by atoms with Gasteiger partial charge in [-0.2, -0.15) is 0 Å². The van der Waals surface area contributed by atoms with E-state index in [-0.39, 0.29) is 48.8 Å². The van der Waals surface area contributed by atoms with Crippen molar-refractivity contribution < 1.29 is 29.2 Å². The summed E-state index contributed by atoms with van der Waals surface area (Å²) in [6.45, 7) is 10.9. The van der Waals surface area contributed by atoms with Crippen LogP contribution in [-0.4, -0.2) is 59.4 Å². The highest BCUT2D eigenvalue weighted by molar-refractivity contribution is 5.69. The van der Waals surface area contributed by atoms with Crippen LogP contribution in [-0.2, 0) is 19.0 Å². The van der Waals surface area contributed by atoms with Crippen LogP contribution < -0.4 is 0 Å². The van der Waals surface area contributed by atoms with E-state index in [1.54, 1.807) is 19.9 Å². The molecule has 3 rings (SSSR count). The van der Waals surface area contributed by atoms with Gasteiger partial charge in [-0.05, 0) is 51.0 Å². The lowest BCUT2D eigenvalue weighted by molar-refractivity contribution is -0.143. The molecule has 6 nitrogen and oxygen atoms in total. The first-order valence-corrected chi connectivity index (χ1v) is 18.0. The summed E-state index contributed by atoms with van der Waals surface area (Å²) in [6, 6.07) is 0. The maximum Gasteiger partial charge on any atom is 0.306 e. The molecule has 0 aromatic heterocycles. The lowest BCUT2D eigenvalue weighted by Gasteiger charge is -2.30. The molecule has 2 saturated heterocycles. The summed E-state index contributed by atoms with van der Waals surface area (Å²) in [5.74, 6) is -0.350. The molecule has 6 heteroatoms. The second-order valence-electron chi connectivity index (χ2n) is 14.4. The van der Waals surface area contributed by atoms with Crippen molar-refractivity contribution in [3.05, 3.63) is 36.0 Å². The number of unbranched alkanes of at least 4 members (excludes halogenated alkanes) is 14. The maximum absolute atomic E-state index is 12.7. The molecule has 1 saturated carbocycles. The van der Waals surface area contributed by atoms with Crippen molar-refractivity contribution in [1.82, 2.24) is 0 Å². The van der Waals surface area contributed by atoms with Gasteiger partial charge in [0.15, 0.2) is 0 Å². The van der Waals surface area contributed by atoms with E-state index in [0.717, 1.165) is 36.8 Å². The molecule has 1 aliphatic carbocycles. The Morgan fingerprint density at radius 3 is 2.09 bits per heavy atom. The number of aliphatic hydroxyl groups is 2. The van der Waals surface area contributed by atoms with Crippen molar-refractivity contribution in [2.45, 2.75) is 166 Å². The number of ether oxygens (including phenoxy) is 3. The van der Waals surface area contributed by atoms with Crippen molar-refractivity contribution in [3.8, 4) is 0 Å². The highest BCUT2D eigenvalue weighted by Gasteiger charge is 2.63. The van der Waals surface area contributed by atoms with E-state index in [0.29, 0.717) is 19.4 Å². The van der Waals surface area contributed by atoms with Crippen LogP contribution in [0.2, 0.25) is 0 Å². The molecule has 3 aliphatic rings. The van der Waals surface area contributed by atoms with Crippen molar-refractivity contribution in [1.29, 1.82) is 0 Å². The Morgan fingerprint density at radius 1 is 1.00 bits per heavy atom. The molecule has 252 valence electrons. The van der Waals surface area contributed by atoms with Crippen LogP contribution in [0.15, 0.2) is 36.0 Å². The number of carbonyl (C=O) groups is 1. The highest BCUT2D eigenvalue weighted by atomic mass is 16.7. The number of rotatable bonds is 22. The smallest absolute Gasteiger partial charge is 0.306 e. The average molecular weight is 617 g/mol. The summed E-state index contributed by atoms with van der Waals surface area (Å²) in [6.07, 6.45) is 28.0. The molecular weight excluding hydrogens is 552 g/mol. The molecule has 0 amide bonds. The average Bonchev–Trinajstić information content (AvgIpc) is 3.91. The van der Waals surface area contributed by atoms with Gasteiger partial charge in [0.2, 0.25) is 0 Å². The third-order valence-electron chi connectivity index (χ3n) is 9.84. The lowest BCUT2D eigenvalue weighted by atomic mass is 9.77. The standard InChI is InChI=1S/C38H64O6/c1-5-6-7-8-9-10-11-12-13-14-15-16-17-18-19-22-35(40)42-28-31(21-20-24-37(3,4)41)32-23-25-38(29-43-38)36-34(44-36)26-30(2)33(32)27-39/h20-21,24,32-34,36,39,41H,2,5-19,22-23,25-29H2,1,3-4H3/b24-20+,31-21-/t32-,33+,34-,36-,38-/m1/s1. The summed E-state index contributed by atoms with van der Waals surface area (Å²) in [5.41, 5.74) is 0.757. The van der Waals surface area contributed by atoms with E-state index < -0.39 is 5.60 Å². The number of esters is 1. The van der Waals surface area contributed by atoms with Gasteiger partial charge in [-0.3, -0.25) is 4.79 Å². The van der Waals surface area contributed by atoms with Crippen molar-refractivity contribution in [2.75, 3.05) is 19.8 Å². The summed E-state index contributed by atoms with van der Waals surface area (Å²) >= 11 is 0. The third kappa shape index (κ3) is 13.5. The quantitative estimate of drug-likeness (QED) is 0.0416. The van der Waals surface area contributed by atoms with Gasteiger partial charge in [-0.25, -0.2) is 0 Å². The zero-order valence-electron chi connectivity index (χ0n) is 28.3. The number of allylic oxidation sites excluding steroid dienone is 2. The van der Waals surface area contributed by atoms with Gasteiger partial charge in [-0.1, -0.05) is 127 Å². The van der Waals surface area contributed by atoms with Gasteiger partial charge in [0.05, 0.1) is 24.9 Å². The minimum absolute atomic E-state index is 0.0195. The number of hydrogen-bond acceptors (Lipinski definition) is 6. The minimum atomic E-state index is -0.950. The predicted octanol–water partition coefficient (Wildman–Crippen LogP) is 8.55. The Balaban J connectivity index is 1.38. The van der Waals surface area contributed by atoms with Crippen LogP contribution in [0.5, 0.6) is 0 Å². The fourth-order valence-corrected chi connectivity index (χ4v) is 6.86. The fraction of sp³-hybridized carbons (Fsp3) is 0.816. The molecule has 0 bridgehead atoms. The third-order valence-corrected chi connectivity index (χ3v) is 9.84. The summed E-state index contributed by atoms with van der Waals surface area (Å²) in [7, 11) is 0. The van der Waals surface area contributed by atoms with Gasteiger partial charge >= 0.3 is 5.97 Å². The van der Waals surface area contributed by atoms with Gasteiger partial charge in [0, 0.05) is 12.3 Å². The number of hydrogen-bond donors (Lipinski definition) is 2. The number of fused-ring (bicyclic) bond motifs is 2. The van der Waals surface area contributed by atoms with Crippen LogP contribution in [0.3, 0.4) is 0 Å². The molecule has 0 aromatic carbocycles. The topological polar surface area (TPSA) is 91.8 Å². The molecule has 1 spiro atoms. The fourth-order valence-electron chi connectivity index (χ4n) is 6.86. The van der Waals surface area contributed by atoms with Gasteiger partial charge < -0.3 is 24.4 Å². The van der Waals surface area contributed by atoms with E-state index in [1.807, 2.05) is 12.2 Å². The van der Waals surface area contributed by atoms with E-state index >= 15 is 0 Å². The largest absolute Gasteiger partial charge is 0.461 e. The first kappa shape index (κ1) is 37.0. The Labute approximate surface area is 268 Å². The normalized spacial score (nSPS) is 27.2. The Hall–Kier alpha value is -1.47. The summed E-state index contributed by atoms with van der Waals surface area (Å²) in [5, 5.41) is 20.6. The van der Waals surface area contributed by atoms with Crippen molar-refractivity contribution >= 4 is 5.97 Å². The molecule has 2 heterocycles. The molecule has 0 aromatic rings. The molecule has 0 unspecified atom stereocenters. The van der Waals surface area contributed by atoms with Crippen LogP contribution in [0.4, 0.5) is 0 Å². The van der Waals surface area contributed by atoms with E-state index in [1.165, 1.54) is 83.5 Å². The zero-order valence-corrected chi connectivity index (χ0v) is 28.3. The van der Waals surface area contributed by atoms with Crippen LogP contribution in [0.1, 0.15) is 143 Å². The van der Waals surface area contributed by atoms with E-state index in [9.17, 15) is 15.0 Å². The van der Waals surface area contributed by atoms with Crippen LogP contribution in [0.25, 0.3) is 0 Å². The van der Waals surface area contributed by atoms with Crippen molar-refractivity contribution in [3.63, 3.8) is 0 Å². The molecule has 3 fully saturated rings. The second kappa shape index (κ2) is 19.3. The predicted molar refractivity (Wildman–Crippen MR) is 178 cm³/mol. The minimum Gasteiger partial charge on any atom is -0.461 e. The zero-order chi connectivity index (χ0) is 31.8. The summed E-state index contributed by atoms with van der Waals surface area (Å²) < 4.78 is 17.6. The second-order valence-corrected chi connectivity index (χ2v) is 14.4.